The van der Waals surface area contributed by atoms with Gasteiger partial charge in [0.05, 0.1) is 17.7 Å². The molecule has 0 spiro atoms. The normalized spacial score (nSPS) is 10.5. The van der Waals surface area contributed by atoms with Gasteiger partial charge < -0.3 is 4.74 Å². The number of non-ortho nitro benzene ring substituents is 1. The monoisotopic (exact) mass is 357 g/mol. The fraction of sp³-hybridized carbons (Fsp3) is 0.222. The molecule has 8 nitrogen and oxygen atoms in total. The van der Waals surface area contributed by atoms with E-state index in [4.69, 9.17) is 9.57 Å². The van der Waals surface area contributed by atoms with Crippen LogP contribution < -0.4 is 10.1 Å². The summed E-state index contributed by atoms with van der Waals surface area (Å²) in [6.07, 6.45) is 2.58. The first-order valence-corrected chi connectivity index (χ1v) is 8.07. The van der Waals surface area contributed by atoms with Crippen molar-refractivity contribution in [2.45, 2.75) is 19.8 Å². The Labute approximate surface area is 150 Å². The number of nitrogens with one attached hydrogen (secondary N) is 1. The Morgan fingerprint density at radius 3 is 2.50 bits per heavy atom. The van der Waals surface area contributed by atoms with Crippen molar-refractivity contribution >= 4 is 23.7 Å². The van der Waals surface area contributed by atoms with Crippen LogP contribution in [0, 0.1) is 10.1 Å². The van der Waals surface area contributed by atoms with E-state index in [2.05, 4.69) is 17.4 Å². The predicted molar refractivity (Wildman–Crippen MR) is 97.6 cm³/mol. The van der Waals surface area contributed by atoms with E-state index in [0.29, 0.717) is 17.9 Å². The topological polar surface area (TPSA) is 103 Å². The first-order chi connectivity index (χ1) is 12.6. The minimum absolute atomic E-state index is 0.0251. The number of hydrogen-bond donors (Lipinski definition) is 1. The molecule has 2 aromatic carbocycles. The molecule has 0 radical (unpaired) electrons. The average Bonchev–Trinajstić information content (AvgIpc) is 2.64. The van der Waals surface area contributed by atoms with Gasteiger partial charge >= 0.3 is 6.09 Å². The lowest BCUT2D eigenvalue weighted by Crippen LogP contribution is -2.10. The smallest absolute Gasteiger partial charge is 0.437 e. The zero-order valence-corrected chi connectivity index (χ0v) is 14.3. The van der Waals surface area contributed by atoms with Crippen LogP contribution in [0.15, 0.2) is 53.7 Å². The van der Waals surface area contributed by atoms with Gasteiger partial charge in [0.2, 0.25) is 0 Å². The molecule has 136 valence electrons. The first-order valence-electron chi connectivity index (χ1n) is 8.07. The van der Waals surface area contributed by atoms with E-state index >= 15 is 0 Å². The van der Waals surface area contributed by atoms with Crippen LogP contribution in [-0.4, -0.2) is 23.8 Å². The van der Waals surface area contributed by atoms with Gasteiger partial charge in [0.15, 0.2) is 0 Å². The zero-order valence-electron chi connectivity index (χ0n) is 14.3. The Morgan fingerprint density at radius 2 is 1.88 bits per heavy atom. The van der Waals surface area contributed by atoms with E-state index in [9.17, 15) is 14.9 Å². The maximum atomic E-state index is 11.7. The van der Waals surface area contributed by atoms with Crippen molar-refractivity contribution in [3.05, 3.63) is 64.2 Å². The molecule has 0 saturated carbocycles. The summed E-state index contributed by atoms with van der Waals surface area (Å²) in [6.45, 7) is 2.74. The van der Waals surface area contributed by atoms with Crippen LogP contribution in [0.4, 0.5) is 16.2 Å². The van der Waals surface area contributed by atoms with Crippen molar-refractivity contribution in [3.8, 4) is 5.75 Å². The second kappa shape index (κ2) is 9.77. The molecule has 0 saturated heterocycles. The standard InChI is InChI=1S/C18H19N3O5/c1-2-3-12-25-17-10-6-15(7-11-17)20-18(22)26-19-13-14-4-8-16(9-5-14)21(23)24/h4-11,13H,2-3,12H2,1H3,(H,20,22)/b19-13+. The first kappa shape index (κ1) is 18.9. The summed E-state index contributed by atoms with van der Waals surface area (Å²) in [5.74, 6) is 0.730. The fourth-order valence-electron chi connectivity index (χ4n) is 1.93. The Balaban J connectivity index is 1.79. The van der Waals surface area contributed by atoms with Gasteiger partial charge in [0.1, 0.15) is 5.75 Å². The van der Waals surface area contributed by atoms with E-state index in [1.807, 2.05) is 0 Å². The highest BCUT2D eigenvalue weighted by molar-refractivity contribution is 5.86. The molecule has 1 N–H and O–H groups in total. The van der Waals surface area contributed by atoms with E-state index < -0.39 is 11.0 Å². The van der Waals surface area contributed by atoms with Gasteiger partial charge in [-0.05, 0) is 48.4 Å². The maximum absolute atomic E-state index is 11.7. The molecule has 1 amide bonds. The minimum atomic E-state index is -0.747. The van der Waals surface area contributed by atoms with Crippen LogP contribution in [0.1, 0.15) is 25.3 Å². The summed E-state index contributed by atoms with van der Waals surface area (Å²) in [5, 5.41) is 16.6. The lowest BCUT2D eigenvalue weighted by molar-refractivity contribution is -0.384. The van der Waals surface area contributed by atoms with Crippen LogP contribution in [-0.2, 0) is 4.84 Å². The van der Waals surface area contributed by atoms with E-state index in [1.54, 1.807) is 24.3 Å². The molecule has 8 heteroatoms. The summed E-state index contributed by atoms with van der Waals surface area (Å²) < 4.78 is 5.53. The van der Waals surface area contributed by atoms with Gasteiger partial charge in [0, 0.05) is 17.8 Å². The number of anilines is 1. The fourth-order valence-corrected chi connectivity index (χ4v) is 1.93. The summed E-state index contributed by atoms with van der Waals surface area (Å²) in [7, 11) is 0. The number of carbonyl (C=O) groups is 1. The Bertz CT molecular complexity index is 757. The number of unbranched alkanes of at least 4 members (excludes halogenated alkanes) is 1. The van der Waals surface area contributed by atoms with Crippen molar-refractivity contribution in [2.24, 2.45) is 5.16 Å². The second-order valence-corrected chi connectivity index (χ2v) is 5.31. The number of ether oxygens (including phenoxy) is 1. The second-order valence-electron chi connectivity index (χ2n) is 5.31. The lowest BCUT2D eigenvalue weighted by atomic mass is 10.2. The highest BCUT2D eigenvalue weighted by Crippen LogP contribution is 2.16. The summed E-state index contributed by atoms with van der Waals surface area (Å²) >= 11 is 0. The van der Waals surface area contributed by atoms with E-state index in [1.165, 1.54) is 30.5 Å². The third-order valence-corrected chi connectivity index (χ3v) is 3.31. The maximum Gasteiger partial charge on any atom is 0.437 e. The predicted octanol–water partition coefficient (Wildman–Crippen LogP) is 4.36. The molecule has 0 aromatic heterocycles. The third kappa shape index (κ3) is 6.23. The van der Waals surface area contributed by atoms with Crippen molar-refractivity contribution < 1.29 is 19.3 Å². The van der Waals surface area contributed by atoms with Crippen molar-refractivity contribution in [1.82, 2.24) is 0 Å². The van der Waals surface area contributed by atoms with Crippen LogP contribution in [0.2, 0.25) is 0 Å². The largest absolute Gasteiger partial charge is 0.494 e. The average molecular weight is 357 g/mol. The molecule has 0 atom stereocenters. The SMILES string of the molecule is CCCCOc1ccc(NC(=O)O/N=C/c2ccc([N+](=O)[O-])cc2)cc1. The molecule has 26 heavy (non-hydrogen) atoms. The Morgan fingerprint density at radius 1 is 1.19 bits per heavy atom. The van der Waals surface area contributed by atoms with Crippen LogP contribution >= 0.6 is 0 Å². The van der Waals surface area contributed by atoms with Gasteiger partial charge in [-0.3, -0.25) is 20.3 Å². The number of benzene rings is 2. The summed E-state index contributed by atoms with van der Waals surface area (Å²) in [4.78, 5) is 26.4. The molecule has 0 aliphatic rings. The highest BCUT2D eigenvalue weighted by atomic mass is 16.7. The van der Waals surface area contributed by atoms with Crippen molar-refractivity contribution in [3.63, 3.8) is 0 Å². The number of nitro groups is 1. The van der Waals surface area contributed by atoms with Crippen molar-refractivity contribution in [1.29, 1.82) is 0 Å². The minimum Gasteiger partial charge on any atom is -0.494 e. The quantitative estimate of drug-likeness (QED) is 0.249. The van der Waals surface area contributed by atoms with Gasteiger partial charge in [-0.2, -0.15) is 0 Å². The highest BCUT2D eigenvalue weighted by Gasteiger charge is 2.04. The van der Waals surface area contributed by atoms with E-state index in [0.717, 1.165) is 18.6 Å². The Hall–Kier alpha value is -3.42. The third-order valence-electron chi connectivity index (χ3n) is 3.31. The van der Waals surface area contributed by atoms with Crippen LogP contribution in [0.3, 0.4) is 0 Å². The number of oxime groups is 1. The molecule has 0 fully saturated rings. The number of nitrogens with zero attached hydrogens (tertiary/aromatic N) is 2. The van der Waals surface area contributed by atoms with Gasteiger partial charge in [-0.25, -0.2) is 4.79 Å². The number of rotatable bonds is 8. The molecule has 2 rings (SSSR count). The zero-order chi connectivity index (χ0) is 18.8. The number of carbonyl (C=O) groups excluding carboxylic acids is 1. The molecular weight excluding hydrogens is 338 g/mol. The number of hydrogen-bond acceptors (Lipinski definition) is 6. The van der Waals surface area contributed by atoms with Crippen LogP contribution in [0.25, 0.3) is 0 Å². The molecule has 0 unspecified atom stereocenters. The number of nitro benzene ring substituents is 1. The molecule has 0 aliphatic carbocycles. The van der Waals surface area contributed by atoms with Gasteiger partial charge in [-0.1, -0.05) is 18.5 Å². The molecule has 0 bridgehead atoms. The van der Waals surface area contributed by atoms with Gasteiger partial charge in [-0.15, -0.1) is 0 Å². The lowest BCUT2D eigenvalue weighted by Gasteiger charge is -2.06. The van der Waals surface area contributed by atoms with E-state index in [-0.39, 0.29) is 5.69 Å². The number of amides is 1. The molecule has 2 aromatic rings. The Kier molecular flexibility index (Phi) is 7.11. The van der Waals surface area contributed by atoms with Crippen molar-refractivity contribution in [2.75, 3.05) is 11.9 Å². The van der Waals surface area contributed by atoms with Gasteiger partial charge in [0.25, 0.3) is 5.69 Å². The van der Waals surface area contributed by atoms with Crippen LogP contribution in [0.5, 0.6) is 5.75 Å². The molecule has 0 aliphatic heterocycles. The molecular formula is C18H19N3O5. The summed E-state index contributed by atoms with van der Waals surface area (Å²) in [6, 6.07) is 12.6. The summed E-state index contributed by atoms with van der Waals surface area (Å²) in [5.41, 5.74) is 1.09. The molecule has 0 heterocycles.